The predicted molar refractivity (Wildman–Crippen MR) is 102 cm³/mol. The van der Waals surface area contributed by atoms with E-state index < -0.39 is 0 Å². The molecule has 0 saturated carbocycles. The molecule has 1 nitrogen and oxygen atoms in total. The monoisotopic (exact) mass is 311 g/mol. The van der Waals surface area contributed by atoms with Crippen molar-refractivity contribution in [3.05, 3.63) is 107 Å². The number of hydrogen-bond acceptors (Lipinski definition) is 1. The molecule has 24 heavy (non-hydrogen) atoms. The van der Waals surface area contributed by atoms with Crippen molar-refractivity contribution in [1.82, 2.24) is 0 Å². The van der Waals surface area contributed by atoms with Crippen LogP contribution in [0.5, 0.6) is 0 Å². The Morgan fingerprint density at radius 1 is 0.708 bits per heavy atom. The second kappa shape index (κ2) is 6.01. The van der Waals surface area contributed by atoms with Gasteiger partial charge in [0.15, 0.2) is 0 Å². The normalized spacial score (nSPS) is 16.9. The average Bonchev–Trinajstić information content (AvgIpc) is 2.64. The first-order valence-electron chi connectivity index (χ1n) is 8.41. The van der Waals surface area contributed by atoms with Crippen molar-refractivity contribution in [2.45, 2.75) is 13.0 Å². The summed E-state index contributed by atoms with van der Waals surface area (Å²) in [5, 5.41) is 0. The van der Waals surface area contributed by atoms with Crippen LogP contribution in [0.3, 0.4) is 0 Å². The third-order valence-corrected chi connectivity index (χ3v) is 4.92. The van der Waals surface area contributed by atoms with E-state index in [0.29, 0.717) is 0 Å². The molecule has 0 spiro atoms. The smallest absolute Gasteiger partial charge is 0.0759 e. The molecule has 1 aliphatic rings. The number of hydrogen-bond donors (Lipinski definition) is 0. The summed E-state index contributed by atoms with van der Waals surface area (Å²) >= 11 is 0. The summed E-state index contributed by atoms with van der Waals surface area (Å²) in [4.78, 5) is 2.40. The van der Waals surface area contributed by atoms with Gasteiger partial charge in [0.2, 0.25) is 0 Å². The Hall–Kier alpha value is -2.80. The highest BCUT2D eigenvalue weighted by molar-refractivity contribution is 5.91. The van der Waals surface area contributed by atoms with Gasteiger partial charge in [-0.05, 0) is 35.3 Å². The van der Waals surface area contributed by atoms with E-state index in [4.69, 9.17) is 0 Å². The first-order chi connectivity index (χ1) is 11.8. The molecule has 0 aromatic heterocycles. The number of nitrogens with zero attached hydrogens (tertiary/aromatic N) is 1. The average molecular weight is 311 g/mol. The highest BCUT2D eigenvalue weighted by atomic mass is 15.1. The van der Waals surface area contributed by atoms with Gasteiger partial charge in [0, 0.05) is 18.3 Å². The Morgan fingerprint density at radius 3 is 2.00 bits per heavy atom. The van der Waals surface area contributed by atoms with Crippen LogP contribution in [-0.2, 0) is 0 Å². The minimum absolute atomic E-state index is 0.260. The molecule has 0 amide bonds. The Labute approximate surface area is 143 Å². The van der Waals surface area contributed by atoms with E-state index >= 15 is 0 Å². The second-order valence-corrected chi connectivity index (χ2v) is 6.37. The first-order valence-corrected chi connectivity index (χ1v) is 8.41. The van der Waals surface area contributed by atoms with Crippen LogP contribution in [0.4, 0.5) is 5.69 Å². The maximum Gasteiger partial charge on any atom is 0.0759 e. The fraction of sp³-hybridized carbons (Fsp3) is 0.130. The standard InChI is InChI=1S/C23H21N/c1-17-22(18-11-5-3-6-12-18)20-15-9-10-16-21(20)24(2)23(17)19-13-7-4-8-14-19/h3-16,23H,1-2H3. The summed E-state index contributed by atoms with van der Waals surface area (Å²) in [7, 11) is 2.20. The van der Waals surface area contributed by atoms with Gasteiger partial charge in [-0.1, -0.05) is 78.9 Å². The molecule has 1 heterocycles. The molecule has 4 rings (SSSR count). The number of benzene rings is 3. The minimum Gasteiger partial charge on any atom is -0.363 e. The number of para-hydroxylation sites is 1. The lowest BCUT2D eigenvalue weighted by molar-refractivity contribution is 0.756. The molecule has 0 bridgehead atoms. The highest BCUT2D eigenvalue weighted by Gasteiger charge is 2.29. The second-order valence-electron chi connectivity index (χ2n) is 6.37. The van der Waals surface area contributed by atoms with Crippen LogP contribution in [0, 0.1) is 0 Å². The lowest BCUT2D eigenvalue weighted by Crippen LogP contribution is -2.29. The van der Waals surface area contributed by atoms with Crippen LogP contribution in [0.25, 0.3) is 5.57 Å². The summed E-state index contributed by atoms with van der Waals surface area (Å²) in [6.45, 7) is 2.27. The summed E-state index contributed by atoms with van der Waals surface area (Å²) in [6.07, 6.45) is 0. The van der Waals surface area contributed by atoms with Gasteiger partial charge in [-0.3, -0.25) is 0 Å². The van der Waals surface area contributed by atoms with Gasteiger partial charge >= 0.3 is 0 Å². The molecule has 0 radical (unpaired) electrons. The van der Waals surface area contributed by atoms with Crippen molar-refractivity contribution in [3.8, 4) is 0 Å². The summed E-state index contributed by atoms with van der Waals surface area (Å²) < 4.78 is 0. The fourth-order valence-corrected chi connectivity index (χ4v) is 3.87. The van der Waals surface area contributed by atoms with E-state index in [0.717, 1.165) is 0 Å². The zero-order chi connectivity index (χ0) is 16.5. The van der Waals surface area contributed by atoms with Crippen molar-refractivity contribution in [2.24, 2.45) is 0 Å². The van der Waals surface area contributed by atoms with Gasteiger partial charge in [-0.25, -0.2) is 0 Å². The minimum atomic E-state index is 0.260. The third kappa shape index (κ3) is 2.33. The molecule has 3 aromatic carbocycles. The Morgan fingerprint density at radius 2 is 1.29 bits per heavy atom. The Kier molecular flexibility index (Phi) is 3.70. The Balaban J connectivity index is 1.98. The van der Waals surface area contributed by atoms with E-state index in [2.05, 4.69) is 104 Å². The molecule has 0 aliphatic carbocycles. The summed E-state index contributed by atoms with van der Waals surface area (Å²) in [5.74, 6) is 0. The van der Waals surface area contributed by atoms with Crippen molar-refractivity contribution in [3.63, 3.8) is 0 Å². The molecular formula is C23H21N. The van der Waals surface area contributed by atoms with Crippen LogP contribution < -0.4 is 4.90 Å². The maximum absolute atomic E-state index is 2.40. The van der Waals surface area contributed by atoms with Crippen LogP contribution in [0.1, 0.15) is 29.7 Å². The fourth-order valence-electron chi connectivity index (χ4n) is 3.87. The molecule has 1 heteroatoms. The highest BCUT2D eigenvalue weighted by Crippen LogP contribution is 2.45. The molecule has 0 N–H and O–H groups in total. The molecule has 1 atom stereocenters. The number of likely N-dealkylation sites (N-methyl/N-ethyl adjacent to an activating group) is 1. The molecule has 3 aromatic rings. The number of anilines is 1. The lowest BCUT2D eigenvalue weighted by Gasteiger charge is -2.39. The molecule has 1 aliphatic heterocycles. The van der Waals surface area contributed by atoms with Gasteiger partial charge in [0.05, 0.1) is 6.04 Å². The molecule has 118 valence electrons. The SMILES string of the molecule is CC1=C(c2ccccc2)c2ccccc2N(C)C1c1ccccc1. The molecule has 1 unspecified atom stereocenters. The van der Waals surface area contributed by atoms with E-state index in [1.165, 1.54) is 33.5 Å². The predicted octanol–water partition coefficient (Wildman–Crippen LogP) is 5.70. The quantitative estimate of drug-likeness (QED) is 0.587. The van der Waals surface area contributed by atoms with Gasteiger partial charge in [0.25, 0.3) is 0 Å². The number of fused-ring (bicyclic) bond motifs is 1. The summed E-state index contributed by atoms with van der Waals surface area (Å²) in [5.41, 5.74) is 7.98. The maximum atomic E-state index is 2.40. The van der Waals surface area contributed by atoms with Crippen LogP contribution in [0.15, 0.2) is 90.5 Å². The van der Waals surface area contributed by atoms with Gasteiger partial charge in [-0.15, -0.1) is 0 Å². The van der Waals surface area contributed by atoms with E-state index in [1.807, 2.05) is 0 Å². The zero-order valence-electron chi connectivity index (χ0n) is 14.1. The molecule has 0 fully saturated rings. The van der Waals surface area contributed by atoms with E-state index in [-0.39, 0.29) is 6.04 Å². The Bertz CT molecular complexity index is 878. The van der Waals surface area contributed by atoms with Gasteiger partial charge in [-0.2, -0.15) is 0 Å². The van der Waals surface area contributed by atoms with Crippen LogP contribution in [-0.4, -0.2) is 7.05 Å². The van der Waals surface area contributed by atoms with Crippen molar-refractivity contribution in [2.75, 3.05) is 11.9 Å². The van der Waals surface area contributed by atoms with E-state index in [9.17, 15) is 0 Å². The van der Waals surface area contributed by atoms with Crippen molar-refractivity contribution >= 4 is 11.3 Å². The van der Waals surface area contributed by atoms with Gasteiger partial charge in [0.1, 0.15) is 0 Å². The first kappa shape index (κ1) is 14.8. The summed E-state index contributed by atoms with van der Waals surface area (Å²) in [6, 6.07) is 30.5. The molecule has 0 saturated heterocycles. The molecular weight excluding hydrogens is 290 g/mol. The van der Waals surface area contributed by atoms with E-state index in [1.54, 1.807) is 0 Å². The topological polar surface area (TPSA) is 3.24 Å². The van der Waals surface area contributed by atoms with Crippen molar-refractivity contribution in [1.29, 1.82) is 0 Å². The van der Waals surface area contributed by atoms with Crippen LogP contribution in [0.2, 0.25) is 0 Å². The third-order valence-electron chi connectivity index (χ3n) is 4.92. The largest absolute Gasteiger partial charge is 0.363 e. The number of rotatable bonds is 2. The lowest BCUT2D eigenvalue weighted by atomic mass is 9.83. The van der Waals surface area contributed by atoms with Crippen molar-refractivity contribution < 1.29 is 0 Å². The van der Waals surface area contributed by atoms with Crippen LogP contribution >= 0.6 is 0 Å². The zero-order valence-corrected chi connectivity index (χ0v) is 14.1. The van der Waals surface area contributed by atoms with Gasteiger partial charge < -0.3 is 4.90 Å².